The van der Waals surface area contributed by atoms with Crippen LogP contribution >= 0.6 is 0 Å². The van der Waals surface area contributed by atoms with Crippen LogP contribution < -0.4 is 5.32 Å². The molecule has 2 nitrogen and oxygen atoms in total. The van der Waals surface area contributed by atoms with Crippen LogP contribution in [0.1, 0.15) is 33.6 Å². The first kappa shape index (κ1) is 13.7. The molecular weight excluding hydrogens is 174 g/mol. The van der Waals surface area contributed by atoms with Crippen LogP contribution in [-0.4, -0.2) is 26.3 Å². The molecule has 0 aliphatic heterocycles. The molecule has 84 valence electrons. The van der Waals surface area contributed by atoms with E-state index in [9.17, 15) is 0 Å². The molecule has 0 spiro atoms. The van der Waals surface area contributed by atoms with Gasteiger partial charge in [0.05, 0.1) is 6.10 Å². The molecular formula is C12H25NO. The zero-order valence-corrected chi connectivity index (χ0v) is 10.3. The van der Waals surface area contributed by atoms with Gasteiger partial charge in [-0.2, -0.15) is 0 Å². The van der Waals surface area contributed by atoms with Gasteiger partial charge in [-0.15, -0.1) is 6.58 Å². The first-order valence-corrected chi connectivity index (χ1v) is 5.37. The molecule has 0 amide bonds. The lowest BCUT2D eigenvalue weighted by Gasteiger charge is -2.28. The van der Waals surface area contributed by atoms with E-state index in [1.807, 2.05) is 7.05 Å². The van der Waals surface area contributed by atoms with Gasteiger partial charge in [0.15, 0.2) is 0 Å². The highest BCUT2D eigenvalue weighted by Gasteiger charge is 2.22. The van der Waals surface area contributed by atoms with Crippen molar-refractivity contribution in [3.8, 4) is 0 Å². The van der Waals surface area contributed by atoms with Crippen LogP contribution in [0.4, 0.5) is 0 Å². The summed E-state index contributed by atoms with van der Waals surface area (Å²) in [6.07, 6.45) is 2.46. The highest BCUT2D eigenvalue weighted by Crippen LogP contribution is 2.15. The molecule has 14 heavy (non-hydrogen) atoms. The maximum atomic E-state index is 5.50. The second kappa shape index (κ2) is 7.02. The summed E-state index contributed by atoms with van der Waals surface area (Å²) in [6.45, 7) is 10.4. The minimum atomic E-state index is 0.291. The van der Waals surface area contributed by atoms with E-state index in [-0.39, 0.29) is 0 Å². The standard InChI is InChI=1S/C12H25NO/c1-9(2)7-8-11(13-5)12(14-6)10(3)4/h10-13H,1,7-8H2,2-6H3. The molecule has 0 saturated carbocycles. The van der Waals surface area contributed by atoms with Crippen LogP contribution in [0.5, 0.6) is 0 Å². The van der Waals surface area contributed by atoms with E-state index in [1.54, 1.807) is 7.11 Å². The number of likely N-dealkylation sites (N-methyl/N-ethyl adjacent to an activating group) is 1. The van der Waals surface area contributed by atoms with Crippen LogP contribution in [-0.2, 0) is 4.74 Å². The molecule has 0 bridgehead atoms. The Morgan fingerprint density at radius 2 is 2.00 bits per heavy atom. The van der Waals surface area contributed by atoms with Crippen molar-refractivity contribution >= 4 is 0 Å². The van der Waals surface area contributed by atoms with Crippen molar-refractivity contribution in [2.45, 2.75) is 45.8 Å². The van der Waals surface area contributed by atoms with E-state index >= 15 is 0 Å². The van der Waals surface area contributed by atoms with Crippen molar-refractivity contribution in [3.05, 3.63) is 12.2 Å². The number of ether oxygens (including phenoxy) is 1. The minimum Gasteiger partial charge on any atom is -0.380 e. The van der Waals surface area contributed by atoms with Gasteiger partial charge in [0, 0.05) is 13.2 Å². The molecule has 2 unspecified atom stereocenters. The molecule has 0 radical (unpaired) electrons. The van der Waals surface area contributed by atoms with Gasteiger partial charge in [0.1, 0.15) is 0 Å². The second-order valence-corrected chi connectivity index (χ2v) is 4.34. The second-order valence-electron chi connectivity index (χ2n) is 4.34. The zero-order valence-electron chi connectivity index (χ0n) is 10.3. The first-order valence-electron chi connectivity index (χ1n) is 5.37. The molecule has 0 aromatic carbocycles. The number of allylic oxidation sites excluding steroid dienone is 1. The predicted octanol–water partition coefficient (Wildman–Crippen LogP) is 2.60. The first-order chi connectivity index (χ1) is 6.52. The third-order valence-corrected chi connectivity index (χ3v) is 2.58. The SMILES string of the molecule is C=C(C)CCC(NC)C(OC)C(C)C. The van der Waals surface area contributed by atoms with E-state index in [0.29, 0.717) is 18.1 Å². The molecule has 2 atom stereocenters. The highest BCUT2D eigenvalue weighted by molar-refractivity contribution is 4.91. The van der Waals surface area contributed by atoms with E-state index in [4.69, 9.17) is 4.74 Å². The molecule has 0 aliphatic rings. The van der Waals surface area contributed by atoms with Crippen molar-refractivity contribution in [3.63, 3.8) is 0 Å². The van der Waals surface area contributed by atoms with Gasteiger partial charge in [-0.1, -0.05) is 19.4 Å². The highest BCUT2D eigenvalue weighted by atomic mass is 16.5. The molecule has 0 aliphatic carbocycles. The van der Waals surface area contributed by atoms with Crippen LogP contribution in [0.25, 0.3) is 0 Å². The summed E-state index contributed by atoms with van der Waals surface area (Å²) in [6, 6.07) is 0.427. The van der Waals surface area contributed by atoms with Crippen molar-refractivity contribution in [2.24, 2.45) is 5.92 Å². The quantitative estimate of drug-likeness (QED) is 0.636. The van der Waals surface area contributed by atoms with Crippen LogP contribution in [0.15, 0.2) is 12.2 Å². The van der Waals surface area contributed by atoms with Gasteiger partial charge in [-0.25, -0.2) is 0 Å². The van der Waals surface area contributed by atoms with E-state index in [0.717, 1.165) is 12.8 Å². The molecule has 0 fully saturated rings. The Morgan fingerprint density at radius 1 is 1.43 bits per heavy atom. The average Bonchev–Trinajstić information content (AvgIpc) is 2.10. The molecule has 0 saturated heterocycles. The smallest absolute Gasteiger partial charge is 0.0747 e. The Labute approximate surface area is 88.7 Å². The van der Waals surface area contributed by atoms with E-state index in [1.165, 1.54) is 5.57 Å². The van der Waals surface area contributed by atoms with Crippen molar-refractivity contribution in [2.75, 3.05) is 14.2 Å². The third kappa shape index (κ3) is 4.77. The summed E-state index contributed by atoms with van der Waals surface area (Å²) in [5.41, 5.74) is 1.24. The lowest BCUT2D eigenvalue weighted by Crippen LogP contribution is -2.42. The summed E-state index contributed by atoms with van der Waals surface area (Å²) in [5.74, 6) is 0.544. The lowest BCUT2D eigenvalue weighted by atomic mass is 9.95. The monoisotopic (exact) mass is 199 g/mol. The number of hydrogen-bond acceptors (Lipinski definition) is 2. The number of rotatable bonds is 7. The van der Waals surface area contributed by atoms with Gasteiger partial charge in [-0.05, 0) is 32.7 Å². The molecule has 0 aromatic rings. The maximum Gasteiger partial charge on any atom is 0.0747 e. The molecule has 0 rings (SSSR count). The fraction of sp³-hybridized carbons (Fsp3) is 0.833. The number of hydrogen-bond donors (Lipinski definition) is 1. The van der Waals surface area contributed by atoms with Gasteiger partial charge in [-0.3, -0.25) is 0 Å². The van der Waals surface area contributed by atoms with E-state index in [2.05, 4.69) is 32.7 Å². The van der Waals surface area contributed by atoms with Crippen molar-refractivity contribution in [1.82, 2.24) is 5.32 Å². The molecule has 1 N–H and O–H groups in total. The van der Waals surface area contributed by atoms with Crippen molar-refractivity contribution in [1.29, 1.82) is 0 Å². The minimum absolute atomic E-state index is 0.291. The summed E-state index contributed by atoms with van der Waals surface area (Å²) < 4.78 is 5.50. The largest absolute Gasteiger partial charge is 0.380 e. The zero-order chi connectivity index (χ0) is 11.1. The average molecular weight is 199 g/mol. The Hall–Kier alpha value is -0.340. The van der Waals surface area contributed by atoms with Crippen LogP contribution in [0.3, 0.4) is 0 Å². The Balaban J connectivity index is 4.14. The van der Waals surface area contributed by atoms with Gasteiger partial charge >= 0.3 is 0 Å². The number of nitrogens with one attached hydrogen (secondary N) is 1. The topological polar surface area (TPSA) is 21.3 Å². The molecule has 0 aromatic heterocycles. The maximum absolute atomic E-state index is 5.50. The molecule has 2 heteroatoms. The number of methoxy groups -OCH3 is 1. The lowest BCUT2D eigenvalue weighted by molar-refractivity contribution is 0.0330. The van der Waals surface area contributed by atoms with Crippen LogP contribution in [0.2, 0.25) is 0 Å². The fourth-order valence-electron chi connectivity index (χ4n) is 1.78. The molecule has 0 heterocycles. The third-order valence-electron chi connectivity index (χ3n) is 2.58. The summed E-state index contributed by atoms with van der Waals surface area (Å²) >= 11 is 0. The normalized spacial score (nSPS) is 15.6. The van der Waals surface area contributed by atoms with Crippen LogP contribution in [0, 0.1) is 5.92 Å². The summed E-state index contributed by atoms with van der Waals surface area (Å²) in [7, 11) is 3.78. The van der Waals surface area contributed by atoms with Gasteiger partial charge in [0.2, 0.25) is 0 Å². The van der Waals surface area contributed by atoms with Crippen molar-refractivity contribution < 1.29 is 4.74 Å². The van der Waals surface area contributed by atoms with E-state index < -0.39 is 0 Å². The van der Waals surface area contributed by atoms with Gasteiger partial charge < -0.3 is 10.1 Å². The fourth-order valence-corrected chi connectivity index (χ4v) is 1.78. The summed E-state index contributed by atoms with van der Waals surface area (Å²) in [4.78, 5) is 0. The predicted molar refractivity (Wildman–Crippen MR) is 62.5 cm³/mol. The summed E-state index contributed by atoms with van der Waals surface area (Å²) in [5, 5.41) is 3.32. The Bertz CT molecular complexity index is 166. The Morgan fingerprint density at radius 3 is 2.29 bits per heavy atom. The Kier molecular flexibility index (Phi) is 6.85. The van der Waals surface area contributed by atoms with Gasteiger partial charge in [0.25, 0.3) is 0 Å².